The fraction of sp³-hybridized carbons (Fsp3) is 0.300. The summed E-state index contributed by atoms with van der Waals surface area (Å²) in [5, 5.41) is 9.01. The highest BCUT2D eigenvalue weighted by Gasteiger charge is 2.21. The number of benzene rings is 1. The molecule has 1 N–H and O–H groups in total. The van der Waals surface area contributed by atoms with Crippen LogP contribution in [-0.4, -0.2) is 30.1 Å². The van der Waals surface area contributed by atoms with Gasteiger partial charge in [-0.2, -0.15) is 0 Å². The molecule has 76 valence electrons. The van der Waals surface area contributed by atoms with Crippen molar-refractivity contribution in [1.82, 2.24) is 4.90 Å². The highest BCUT2D eigenvalue weighted by atomic mass is 79.9. The molecule has 0 aliphatic carbocycles. The van der Waals surface area contributed by atoms with Gasteiger partial charge < -0.3 is 5.11 Å². The Kier molecular flexibility index (Phi) is 3.66. The third-order valence-corrected chi connectivity index (χ3v) is 2.46. The summed E-state index contributed by atoms with van der Waals surface area (Å²) < 4.78 is 0.948. The Morgan fingerprint density at radius 2 is 1.86 bits per heavy atom. The van der Waals surface area contributed by atoms with E-state index in [1.54, 1.807) is 19.0 Å². The maximum absolute atomic E-state index is 11.0. The second-order valence-corrected chi connectivity index (χ2v) is 4.17. The number of carbonyl (C=O) groups is 1. The van der Waals surface area contributed by atoms with Gasteiger partial charge in [0.2, 0.25) is 0 Å². The van der Waals surface area contributed by atoms with Crippen LogP contribution >= 0.6 is 15.9 Å². The summed E-state index contributed by atoms with van der Waals surface area (Å²) >= 11 is 3.31. The molecule has 1 atom stereocenters. The molecule has 0 aliphatic heterocycles. The van der Waals surface area contributed by atoms with E-state index in [2.05, 4.69) is 15.9 Å². The fourth-order valence-electron chi connectivity index (χ4n) is 1.31. The van der Waals surface area contributed by atoms with E-state index in [4.69, 9.17) is 5.11 Å². The lowest BCUT2D eigenvalue weighted by Crippen LogP contribution is -2.27. The minimum Gasteiger partial charge on any atom is -0.480 e. The number of likely N-dealkylation sites (N-methyl/N-ethyl adjacent to an activating group) is 1. The Morgan fingerprint density at radius 1 is 1.36 bits per heavy atom. The average Bonchev–Trinajstić information content (AvgIpc) is 2.07. The number of carboxylic acid groups (broad SMARTS) is 1. The van der Waals surface area contributed by atoms with Gasteiger partial charge in [0.15, 0.2) is 0 Å². The molecule has 14 heavy (non-hydrogen) atoms. The monoisotopic (exact) mass is 257 g/mol. The van der Waals surface area contributed by atoms with Crippen LogP contribution in [0.5, 0.6) is 0 Å². The molecule has 0 fully saturated rings. The minimum atomic E-state index is -0.836. The molecule has 1 aromatic rings. The molecule has 1 aromatic carbocycles. The number of halogens is 1. The van der Waals surface area contributed by atoms with Crippen LogP contribution in [-0.2, 0) is 4.79 Å². The van der Waals surface area contributed by atoms with Crippen molar-refractivity contribution in [2.24, 2.45) is 0 Å². The standard InChI is InChI=1S/C10H12BrNO2/c1-12(2)9(10(13)14)7-3-5-8(11)6-4-7/h3-6,9H,1-2H3,(H,13,14). The molecule has 0 amide bonds. The number of hydrogen-bond acceptors (Lipinski definition) is 2. The van der Waals surface area contributed by atoms with Gasteiger partial charge in [0, 0.05) is 4.47 Å². The molecule has 4 heteroatoms. The van der Waals surface area contributed by atoms with Gasteiger partial charge >= 0.3 is 5.97 Å². The van der Waals surface area contributed by atoms with E-state index in [-0.39, 0.29) is 0 Å². The van der Waals surface area contributed by atoms with Crippen molar-refractivity contribution < 1.29 is 9.90 Å². The Labute approximate surface area is 91.5 Å². The second-order valence-electron chi connectivity index (χ2n) is 3.26. The van der Waals surface area contributed by atoms with Crippen molar-refractivity contribution >= 4 is 21.9 Å². The van der Waals surface area contributed by atoms with Crippen LogP contribution in [0.1, 0.15) is 11.6 Å². The Bertz CT molecular complexity index is 321. The highest BCUT2D eigenvalue weighted by Crippen LogP contribution is 2.20. The number of hydrogen-bond donors (Lipinski definition) is 1. The van der Waals surface area contributed by atoms with Gasteiger partial charge in [0.25, 0.3) is 0 Å². The number of aliphatic carboxylic acids is 1. The second kappa shape index (κ2) is 4.57. The Hall–Kier alpha value is -0.870. The first-order valence-corrected chi connectivity index (χ1v) is 4.96. The van der Waals surface area contributed by atoms with Gasteiger partial charge in [-0.05, 0) is 31.8 Å². The first kappa shape index (κ1) is 11.2. The summed E-state index contributed by atoms with van der Waals surface area (Å²) in [6.07, 6.45) is 0. The molecule has 1 rings (SSSR count). The predicted octanol–water partition coefficient (Wildman–Crippen LogP) is 2.14. The molecule has 0 heterocycles. The number of carboxylic acids is 1. The van der Waals surface area contributed by atoms with Crippen molar-refractivity contribution in [3.05, 3.63) is 34.3 Å². The van der Waals surface area contributed by atoms with Gasteiger partial charge in [0.05, 0.1) is 0 Å². The van der Waals surface area contributed by atoms with Crippen LogP contribution < -0.4 is 0 Å². The molecule has 0 aromatic heterocycles. The minimum absolute atomic E-state index is 0.580. The molecule has 0 saturated carbocycles. The van der Waals surface area contributed by atoms with Gasteiger partial charge in [-0.15, -0.1) is 0 Å². The summed E-state index contributed by atoms with van der Waals surface area (Å²) in [4.78, 5) is 12.6. The SMILES string of the molecule is CN(C)C(C(=O)O)c1ccc(Br)cc1. The third kappa shape index (κ3) is 2.56. The van der Waals surface area contributed by atoms with E-state index >= 15 is 0 Å². The van der Waals surface area contributed by atoms with Crippen molar-refractivity contribution in [3.63, 3.8) is 0 Å². The summed E-state index contributed by atoms with van der Waals surface area (Å²) in [6, 6.07) is 6.72. The third-order valence-electron chi connectivity index (χ3n) is 1.94. The molecular weight excluding hydrogens is 246 g/mol. The molecule has 0 aliphatic rings. The largest absolute Gasteiger partial charge is 0.480 e. The molecule has 1 unspecified atom stereocenters. The van der Waals surface area contributed by atoms with Crippen molar-refractivity contribution in [2.45, 2.75) is 6.04 Å². The smallest absolute Gasteiger partial charge is 0.325 e. The molecule has 0 spiro atoms. The Morgan fingerprint density at radius 3 is 2.21 bits per heavy atom. The van der Waals surface area contributed by atoms with E-state index in [1.807, 2.05) is 24.3 Å². The average molecular weight is 258 g/mol. The first-order chi connectivity index (χ1) is 6.52. The van der Waals surface area contributed by atoms with Gasteiger partial charge in [-0.3, -0.25) is 9.69 Å². The van der Waals surface area contributed by atoms with E-state index in [0.29, 0.717) is 0 Å². The fourth-order valence-corrected chi connectivity index (χ4v) is 1.57. The van der Waals surface area contributed by atoms with E-state index in [1.165, 1.54) is 0 Å². The zero-order valence-electron chi connectivity index (χ0n) is 8.07. The molecule has 3 nitrogen and oxygen atoms in total. The lowest BCUT2D eigenvalue weighted by molar-refractivity contribution is -0.142. The van der Waals surface area contributed by atoms with E-state index in [0.717, 1.165) is 10.0 Å². The summed E-state index contributed by atoms with van der Waals surface area (Å²) in [7, 11) is 3.50. The van der Waals surface area contributed by atoms with Crippen molar-refractivity contribution in [2.75, 3.05) is 14.1 Å². The van der Waals surface area contributed by atoms with Crippen LogP contribution in [0.3, 0.4) is 0 Å². The van der Waals surface area contributed by atoms with Crippen LogP contribution in [0.25, 0.3) is 0 Å². The van der Waals surface area contributed by atoms with Crippen LogP contribution in [0.15, 0.2) is 28.7 Å². The molecule has 0 bridgehead atoms. The normalized spacial score (nSPS) is 12.9. The topological polar surface area (TPSA) is 40.5 Å². The summed E-state index contributed by atoms with van der Waals surface area (Å²) in [6.45, 7) is 0. The Balaban J connectivity index is 3.00. The molecule has 0 radical (unpaired) electrons. The number of rotatable bonds is 3. The maximum Gasteiger partial charge on any atom is 0.325 e. The summed E-state index contributed by atoms with van der Waals surface area (Å²) in [5.41, 5.74) is 0.783. The lowest BCUT2D eigenvalue weighted by atomic mass is 10.1. The zero-order chi connectivity index (χ0) is 10.7. The van der Waals surface area contributed by atoms with E-state index in [9.17, 15) is 4.79 Å². The van der Waals surface area contributed by atoms with Crippen molar-refractivity contribution in [3.8, 4) is 0 Å². The van der Waals surface area contributed by atoms with Crippen LogP contribution in [0.4, 0.5) is 0 Å². The van der Waals surface area contributed by atoms with Gasteiger partial charge in [0.1, 0.15) is 6.04 Å². The highest BCUT2D eigenvalue weighted by molar-refractivity contribution is 9.10. The van der Waals surface area contributed by atoms with E-state index < -0.39 is 12.0 Å². The van der Waals surface area contributed by atoms with Crippen molar-refractivity contribution in [1.29, 1.82) is 0 Å². The molecular formula is C10H12BrNO2. The summed E-state index contributed by atoms with van der Waals surface area (Å²) in [5.74, 6) is -0.836. The van der Waals surface area contributed by atoms with Crippen LogP contribution in [0.2, 0.25) is 0 Å². The quantitative estimate of drug-likeness (QED) is 0.902. The predicted molar refractivity (Wildman–Crippen MR) is 58.2 cm³/mol. The lowest BCUT2D eigenvalue weighted by Gasteiger charge is -2.20. The van der Waals surface area contributed by atoms with Crippen LogP contribution in [0, 0.1) is 0 Å². The number of nitrogens with zero attached hydrogens (tertiary/aromatic N) is 1. The van der Waals surface area contributed by atoms with Gasteiger partial charge in [-0.1, -0.05) is 28.1 Å². The maximum atomic E-state index is 11.0. The van der Waals surface area contributed by atoms with Gasteiger partial charge in [-0.25, -0.2) is 0 Å². The zero-order valence-corrected chi connectivity index (χ0v) is 9.65. The first-order valence-electron chi connectivity index (χ1n) is 4.17. The molecule has 0 saturated heterocycles.